The maximum atomic E-state index is 6.66. The normalized spacial score (nSPS) is 49.3. The van der Waals surface area contributed by atoms with Crippen LogP contribution < -0.4 is 11.5 Å². The predicted octanol–water partition coefficient (Wildman–Crippen LogP) is 1.63. The number of rotatable bonds is 2. The summed E-state index contributed by atoms with van der Waals surface area (Å²) in [7, 11) is 0. The van der Waals surface area contributed by atoms with Crippen molar-refractivity contribution in [2.75, 3.05) is 0 Å². The molecule has 3 aliphatic rings. The first-order valence-electron chi connectivity index (χ1n) is 6.24. The van der Waals surface area contributed by atoms with Gasteiger partial charge >= 0.3 is 0 Å². The van der Waals surface area contributed by atoms with Gasteiger partial charge in [-0.05, 0) is 62.7 Å². The molecule has 0 aromatic heterocycles. The fourth-order valence-electron chi connectivity index (χ4n) is 3.54. The Labute approximate surface area is 86.4 Å². The molecule has 0 saturated heterocycles. The van der Waals surface area contributed by atoms with Crippen LogP contribution >= 0.6 is 0 Å². The van der Waals surface area contributed by atoms with E-state index in [0.29, 0.717) is 6.04 Å². The summed E-state index contributed by atoms with van der Waals surface area (Å²) in [5, 5.41) is 0. The van der Waals surface area contributed by atoms with Crippen LogP contribution in [0.3, 0.4) is 0 Å². The average Bonchev–Trinajstić information content (AvgIpc) is 3.04. The zero-order valence-corrected chi connectivity index (χ0v) is 8.91. The SMILES string of the molecule is NC1CCC(N)(C2CC2)C(C2CC2)C1. The molecule has 0 spiro atoms. The van der Waals surface area contributed by atoms with Gasteiger partial charge in [-0.1, -0.05) is 0 Å². The lowest BCUT2D eigenvalue weighted by molar-refractivity contribution is 0.129. The first-order valence-corrected chi connectivity index (χ1v) is 6.24. The number of hydrogen-bond acceptors (Lipinski definition) is 2. The van der Waals surface area contributed by atoms with E-state index in [1.807, 2.05) is 0 Å². The van der Waals surface area contributed by atoms with Gasteiger partial charge in [0.05, 0.1) is 0 Å². The maximum absolute atomic E-state index is 6.66. The summed E-state index contributed by atoms with van der Waals surface area (Å²) in [6.07, 6.45) is 9.17. The third-order valence-electron chi connectivity index (χ3n) is 4.72. The molecule has 3 fully saturated rings. The zero-order chi connectivity index (χ0) is 9.76. The van der Waals surface area contributed by atoms with E-state index in [9.17, 15) is 0 Å². The summed E-state index contributed by atoms with van der Waals surface area (Å²) >= 11 is 0. The second-order valence-electron chi connectivity index (χ2n) is 5.87. The van der Waals surface area contributed by atoms with Gasteiger partial charge in [0.25, 0.3) is 0 Å². The summed E-state index contributed by atoms with van der Waals surface area (Å²) in [5.41, 5.74) is 12.9. The molecule has 0 aromatic carbocycles. The van der Waals surface area contributed by atoms with E-state index >= 15 is 0 Å². The first kappa shape index (κ1) is 9.17. The highest BCUT2D eigenvalue weighted by molar-refractivity contribution is 5.09. The lowest BCUT2D eigenvalue weighted by Gasteiger charge is -2.44. The Bertz CT molecular complexity index is 232. The van der Waals surface area contributed by atoms with Crippen molar-refractivity contribution in [2.24, 2.45) is 29.2 Å². The molecule has 0 bridgehead atoms. The molecule has 80 valence electrons. The van der Waals surface area contributed by atoms with Crippen molar-refractivity contribution in [3.8, 4) is 0 Å². The fourth-order valence-corrected chi connectivity index (χ4v) is 3.54. The molecule has 0 aliphatic heterocycles. The molecule has 0 radical (unpaired) electrons. The Morgan fingerprint density at radius 2 is 1.71 bits per heavy atom. The van der Waals surface area contributed by atoms with Crippen molar-refractivity contribution in [3.05, 3.63) is 0 Å². The van der Waals surface area contributed by atoms with Crippen LogP contribution in [-0.2, 0) is 0 Å². The van der Waals surface area contributed by atoms with E-state index in [0.717, 1.165) is 24.2 Å². The van der Waals surface area contributed by atoms with Crippen LogP contribution in [0.5, 0.6) is 0 Å². The standard InChI is InChI=1S/C12H22N2/c13-10-5-6-12(14,9-3-4-9)11(7-10)8-1-2-8/h8-11H,1-7,13-14H2. The summed E-state index contributed by atoms with van der Waals surface area (Å²) in [5.74, 6) is 2.55. The lowest BCUT2D eigenvalue weighted by atomic mass is 9.67. The second-order valence-corrected chi connectivity index (χ2v) is 5.87. The van der Waals surface area contributed by atoms with Gasteiger partial charge in [0.1, 0.15) is 0 Å². The molecular weight excluding hydrogens is 172 g/mol. The predicted molar refractivity (Wildman–Crippen MR) is 57.7 cm³/mol. The Morgan fingerprint density at radius 3 is 2.29 bits per heavy atom. The highest BCUT2D eigenvalue weighted by Crippen LogP contribution is 2.55. The molecule has 4 N–H and O–H groups in total. The van der Waals surface area contributed by atoms with Gasteiger partial charge < -0.3 is 11.5 Å². The summed E-state index contributed by atoms with van der Waals surface area (Å²) in [6.45, 7) is 0. The van der Waals surface area contributed by atoms with Crippen LogP contribution in [0, 0.1) is 17.8 Å². The van der Waals surface area contributed by atoms with Crippen molar-refractivity contribution in [3.63, 3.8) is 0 Å². The third kappa shape index (κ3) is 1.40. The minimum atomic E-state index is 0.192. The molecular formula is C12H22N2. The Morgan fingerprint density at radius 1 is 1.00 bits per heavy atom. The van der Waals surface area contributed by atoms with Crippen LogP contribution in [0.2, 0.25) is 0 Å². The smallest absolute Gasteiger partial charge is 0.0215 e. The van der Waals surface area contributed by atoms with Gasteiger partial charge in [-0.15, -0.1) is 0 Å². The van der Waals surface area contributed by atoms with E-state index in [4.69, 9.17) is 11.5 Å². The number of nitrogens with two attached hydrogens (primary N) is 2. The average molecular weight is 194 g/mol. The van der Waals surface area contributed by atoms with Crippen molar-refractivity contribution >= 4 is 0 Å². The monoisotopic (exact) mass is 194 g/mol. The fraction of sp³-hybridized carbons (Fsp3) is 1.00. The largest absolute Gasteiger partial charge is 0.328 e. The minimum absolute atomic E-state index is 0.192. The Balaban J connectivity index is 1.79. The second kappa shape index (κ2) is 2.96. The lowest BCUT2D eigenvalue weighted by Crippen LogP contribution is -2.55. The third-order valence-corrected chi connectivity index (χ3v) is 4.72. The zero-order valence-electron chi connectivity index (χ0n) is 8.91. The van der Waals surface area contributed by atoms with Crippen LogP contribution in [0.4, 0.5) is 0 Å². The van der Waals surface area contributed by atoms with Crippen LogP contribution in [0.1, 0.15) is 44.9 Å². The van der Waals surface area contributed by atoms with Gasteiger partial charge in [0.15, 0.2) is 0 Å². The van der Waals surface area contributed by atoms with Crippen LogP contribution in [0.15, 0.2) is 0 Å². The molecule has 3 saturated carbocycles. The highest BCUT2D eigenvalue weighted by Gasteiger charge is 2.53. The summed E-state index contributed by atoms with van der Waals surface area (Å²) in [4.78, 5) is 0. The van der Waals surface area contributed by atoms with Gasteiger partial charge in [-0.3, -0.25) is 0 Å². The van der Waals surface area contributed by atoms with Gasteiger partial charge in [-0.2, -0.15) is 0 Å². The molecule has 3 unspecified atom stereocenters. The van der Waals surface area contributed by atoms with Crippen LogP contribution in [0.25, 0.3) is 0 Å². The summed E-state index contributed by atoms with van der Waals surface area (Å²) in [6, 6.07) is 0.441. The van der Waals surface area contributed by atoms with Gasteiger partial charge in [0.2, 0.25) is 0 Å². The molecule has 2 heteroatoms. The van der Waals surface area contributed by atoms with Crippen molar-refractivity contribution in [1.82, 2.24) is 0 Å². The molecule has 3 rings (SSSR count). The Hall–Kier alpha value is -0.0800. The van der Waals surface area contributed by atoms with E-state index in [1.165, 1.54) is 38.5 Å². The highest BCUT2D eigenvalue weighted by atomic mass is 14.9. The molecule has 0 heterocycles. The minimum Gasteiger partial charge on any atom is -0.328 e. The maximum Gasteiger partial charge on any atom is 0.0215 e. The van der Waals surface area contributed by atoms with Crippen LogP contribution in [-0.4, -0.2) is 11.6 Å². The van der Waals surface area contributed by atoms with E-state index < -0.39 is 0 Å². The number of hydrogen-bond donors (Lipinski definition) is 2. The van der Waals surface area contributed by atoms with Crippen molar-refractivity contribution in [2.45, 2.75) is 56.5 Å². The topological polar surface area (TPSA) is 52.0 Å². The van der Waals surface area contributed by atoms with Gasteiger partial charge in [0, 0.05) is 11.6 Å². The van der Waals surface area contributed by atoms with E-state index in [-0.39, 0.29) is 5.54 Å². The molecule has 0 amide bonds. The van der Waals surface area contributed by atoms with E-state index in [2.05, 4.69) is 0 Å². The van der Waals surface area contributed by atoms with Crippen molar-refractivity contribution < 1.29 is 0 Å². The molecule has 0 aromatic rings. The first-order chi connectivity index (χ1) is 6.70. The molecule has 2 nitrogen and oxygen atoms in total. The molecule has 3 aliphatic carbocycles. The molecule has 14 heavy (non-hydrogen) atoms. The van der Waals surface area contributed by atoms with Gasteiger partial charge in [-0.25, -0.2) is 0 Å². The quantitative estimate of drug-likeness (QED) is 0.702. The summed E-state index contributed by atoms with van der Waals surface area (Å²) < 4.78 is 0. The Kier molecular flexibility index (Phi) is 1.94. The van der Waals surface area contributed by atoms with Crippen molar-refractivity contribution in [1.29, 1.82) is 0 Å². The molecule has 3 atom stereocenters. The van der Waals surface area contributed by atoms with E-state index in [1.54, 1.807) is 0 Å².